The number of halogens is 1. The van der Waals surface area contributed by atoms with Crippen LogP contribution in [0.15, 0.2) is 42.5 Å². The Morgan fingerprint density at radius 2 is 1.64 bits per heavy atom. The molecule has 0 spiro atoms. The van der Waals surface area contributed by atoms with E-state index in [2.05, 4.69) is 5.32 Å². The van der Waals surface area contributed by atoms with Gasteiger partial charge in [-0.1, -0.05) is 47.9 Å². The lowest BCUT2D eigenvalue weighted by atomic mass is 9.86. The maximum atomic E-state index is 12.7. The average Bonchev–Trinajstić information content (AvgIpc) is 2.53. The van der Waals surface area contributed by atoms with Gasteiger partial charge in [0.25, 0.3) is 0 Å². The van der Waals surface area contributed by atoms with Gasteiger partial charge in [-0.15, -0.1) is 0 Å². The standard InChI is InChI=1S/C20H22ClNO3/c1-12-8-13(2)10-15(9-12)11-18(14(3)20(24)25)19(23)22-17-6-4-16(21)5-7-17/h4-10,14,18H,11H2,1-3H3,(H,22,23)(H,24,25)/t14-,18+/m1/s1. The lowest BCUT2D eigenvalue weighted by Crippen LogP contribution is -2.33. The molecule has 5 heteroatoms. The first-order chi connectivity index (χ1) is 11.8. The highest BCUT2D eigenvalue weighted by Crippen LogP contribution is 2.23. The summed E-state index contributed by atoms with van der Waals surface area (Å²) in [6.07, 6.45) is 0.370. The Balaban J connectivity index is 2.23. The van der Waals surface area contributed by atoms with Gasteiger partial charge in [-0.2, -0.15) is 0 Å². The Morgan fingerprint density at radius 3 is 2.16 bits per heavy atom. The molecular formula is C20H22ClNO3. The number of hydrogen-bond acceptors (Lipinski definition) is 2. The summed E-state index contributed by atoms with van der Waals surface area (Å²) in [5, 5.41) is 12.8. The Labute approximate surface area is 152 Å². The first-order valence-corrected chi connectivity index (χ1v) is 8.50. The largest absolute Gasteiger partial charge is 0.481 e. The third-order valence-corrected chi connectivity index (χ3v) is 4.43. The lowest BCUT2D eigenvalue weighted by molar-refractivity contribution is -0.145. The number of aryl methyl sites for hydroxylation is 2. The molecule has 2 aromatic carbocycles. The van der Waals surface area contributed by atoms with E-state index in [1.165, 1.54) is 0 Å². The second kappa shape index (κ2) is 8.17. The van der Waals surface area contributed by atoms with Crippen molar-refractivity contribution in [2.45, 2.75) is 27.2 Å². The molecule has 1 amide bonds. The summed E-state index contributed by atoms with van der Waals surface area (Å²) in [6, 6.07) is 12.8. The van der Waals surface area contributed by atoms with Crippen molar-refractivity contribution < 1.29 is 14.7 Å². The van der Waals surface area contributed by atoms with Gasteiger partial charge < -0.3 is 10.4 Å². The van der Waals surface area contributed by atoms with Crippen LogP contribution in [-0.4, -0.2) is 17.0 Å². The van der Waals surface area contributed by atoms with E-state index < -0.39 is 17.8 Å². The highest BCUT2D eigenvalue weighted by molar-refractivity contribution is 6.30. The number of carboxylic acid groups (broad SMARTS) is 1. The Hall–Kier alpha value is -2.33. The number of carbonyl (C=O) groups excluding carboxylic acids is 1. The van der Waals surface area contributed by atoms with Crippen LogP contribution in [0.5, 0.6) is 0 Å². The summed E-state index contributed by atoms with van der Waals surface area (Å²) in [6.45, 7) is 5.54. The average molecular weight is 360 g/mol. The second-order valence-electron chi connectivity index (χ2n) is 6.43. The second-order valence-corrected chi connectivity index (χ2v) is 6.87. The summed E-state index contributed by atoms with van der Waals surface area (Å²) >= 11 is 5.85. The van der Waals surface area contributed by atoms with Crippen LogP contribution in [0.1, 0.15) is 23.6 Å². The lowest BCUT2D eigenvalue weighted by Gasteiger charge is -2.21. The van der Waals surface area contributed by atoms with Gasteiger partial charge in [0.1, 0.15) is 0 Å². The number of benzene rings is 2. The minimum absolute atomic E-state index is 0.309. The molecule has 0 radical (unpaired) electrons. The van der Waals surface area contributed by atoms with E-state index in [1.807, 2.05) is 32.0 Å². The fourth-order valence-electron chi connectivity index (χ4n) is 2.88. The van der Waals surface area contributed by atoms with Crippen molar-refractivity contribution in [3.05, 3.63) is 64.2 Å². The third kappa shape index (κ3) is 5.33. The zero-order chi connectivity index (χ0) is 18.6. The molecule has 0 aromatic heterocycles. The van der Waals surface area contributed by atoms with Crippen molar-refractivity contribution in [3.8, 4) is 0 Å². The first kappa shape index (κ1) is 19.0. The summed E-state index contributed by atoms with van der Waals surface area (Å²) in [5.74, 6) is -2.76. The maximum Gasteiger partial charge on any atom is 0.307 e. The van der Waals surface area contributed by atoms with Gasteiger partial charge in [0.15, 0.2) is 0 Å². The summed E-state index contributed by atoms with van der Waals surface area (Å²) in [4.78, 5) is 24.2. The predicted octanol–water partition coefficient (Wildman–Crippen LogP) is 4.47. The normalized spacial score (nSPS) is 13.1. The smallest absolute Gasteiger partial charge is 0.307 e. The first-order valence-electron chi connectivity index (χ1n) is 8.12. The van der Waals surface area contributed by atoms with Gasteiger partial charge in [0.2, 0.25) is 5.91 Å². The van der Waals surface area contributed by atoms with Gasteiger partial charge in [0, 0.05) is 10.7 Å². The highest BCUT2D eigenvalue weighted by atomic mass is 35.5. The molecular weight excluding hydrogens is 338 g/mol. The van der Waals surface area contributed by atoms with Gasteiger partial charge >= 0.3 is 5.97 Å². The van der Waals surface area contributed by atoms with Crippen molar-refractivity contribution >= 4 is 29.2 Å². The van der Waals surface area contributed by atoms with Crippen molar-refractivity contribution in [2.24, 2.45) is 11.8 Å². The van der Waals surface area contributed by atoms with Crippen LogP contribution in [0.3, 0.4) is 0 Å². The number of aliphatic carboxylic acids is 1. The van der Waals surface area contributed by atoms with Crippen LogP contribution in [0.4, 0.5) is 5.69 Å². The van der Waals surface area contributed by atoms with E-state index >= 15 is 0 Å². The number of amides is 1. The predicted molar refractivity (Wildman–Crippen MR) is 100.0 cm³/mol. The van der Waals surface area contributed by atoms with Crippen LogP contribution < -0.4 is 5.32 Å². The highest BCUT2D eigenvalue weighted by Gasteiger charge is 2.30. The maximum absolute atomic E-state index is 12.7. The van der Waals surface area contributed by atoms with Crippen LogP contribution >= 0.6 is 11.6 Å². The molecule has 0 heterocycles. The zero-order valence-corrected chi connectivity index (χ0v) is 15.3. The van der Waals surface area contributed by atoms with E-state index in [4.69, 9.17) is 11.6 Å². The molecule has 0 aliphatic rings. The summed E-state index contributed by atoms with van der Waals surface area (Å²) in [7, 11) is 0. The number of anilines is 1. The minimum Gasteiger partial charge on any atom is -0.481 e. The third-order valence-electron chi connectivity index (χ3n) is 4.18. The summed E-state index contributed by atoms with van der Waals surface area (Å²) in [5.41, 5.74) is 3.74. The van der Waals surface area contributed by atoms with Crippen molar-refractivity contribution in [1.29, 1.82) is 0 Å². The van der Waals surface area contributed by atoms with Crippen LogP contribution in [-0.2, 0) is 16.0 Å². The molecule has 0 saturated carbocycles. The molecule has 4 nitrogen and oxygen atoms in total. The number of carboxylic acids is 1. The molecule has 2 rings (SSSR count). The molecule has 0 aliphatic heterocycles. The van der Waals surface area contributed by atoms with Gasteiger partial charge in [-0.05, 0) is 50.1 Å². The molecule has 2 aromatic rings. The Morgan fingerprint density at radius 1 is 1.08 bits per heavy atom. The van der Waals surface area contributed by atoms with E-state index in [-0.39, 0.29) is 5.91 Å². The fourth-order valence-corrected chi connectivity index (χ4v) is 3.00. The summed E-state index contributed by atoms with van der Waals surface area (Å²) < 4.78 is 0. The number of carbonyl (C=O) groups is 2. The molecule has 2 N–H and O–H groups in total. The molecule has 0 saturated heterocycles. The van der Waals surface area contributed by atoms with E-state index in [9.17, 15) is 14.7 Å². The molecule has 132 valence electrons. The molecule has 2 atom stereocenters. The molecule has 0 bridgehead atoms. The van der Waals surface area contributed by atoms with E-state index in [0.717, 1.165) is 16.7 Å². The molecule has 0 aliphatic carbocycles. The number of hydrogen-bond donors (Lipinski definition) is 2. The van der Waals surface area contributed by atoms with Gasteiger partial charge in [0.05, 0.1) is 11.8 Å². The van der Waals surface area contributed by atoms with Gasteiger partial charge in [-0.3, -0.25) is 9.59 Å². The quantitative estimate of drug-likeness (QED) is 0.799. The Bertz CT molecular complexity index is 751. The van der Waals surface area contributed by atoms with Crippen molar-refractivity contribution in [1.82, 2.24) is 0 Å². The van der Waals surface area contributed by atoms with Crippen molar-refractivity contribution in [2.75, 3.05) is 5.32 Å². The molecule has 0 fully saturated rings. The number of nitrogens with one attached hydrogen (secondary N) is 1. The van der Waals surface area contributed by atoms with Crippen LogP contribution in [0.2, 0.25) is 5.02 Å². The van der Waals surface area contributed by atoms with Crippen LogP contribution in [0.25, 0.3) is 0 Å². The minimum atomic E-state index is -0.986. The fraction of sp³-hybridized carbons (Fsp3) is 0.300. The zero-order valence-electron chi connectivity index (χ0n) is 14.5. The topological polar surface area (TPSA) is 66.4 Å². The van der Waals surface area contributed by atoms with E-state index in [1.54, 1.807) is 31.2 Å². The monoisotopic (exact) mass is 359 g/mol. The Kier molecular flexibility index (Phi) is 6.21. The SMILES string of the molecule is Cc1cc(C)cc(C[C@H](C(=O)Nc2ccc(Cl)cc2)[C@@H](C)C(=O)O)c1. The molecule has 0 unspecified atom stereocenters. The molecule has 25 heavy (non-hydrogen) atoms. The number of rotatable bonds is 6. The van der Waals surface area contributed by atoms with E-state index in [0.29, 0.717) is 17.1 Å². The van der Waals surface area contributed by atoms with Crippen molar-refractivity contribution in [3.63, 3.8) is 0 Å². The van der Waals surface area contributed by atoms with Gasteiger partial charge in [-0.25, -0.2) is 0 Å². The van der Waals surface area contributed by atoms with Crippen LogP contribution in [0, 0.1) is 25.7 Å².